The van der Waals surface area contributed by atoms with E-state index >= 15 is 0 Å². The number of morpholine rings is 1. The molecule has 1 aromatic carbocycles. The van der Waals surface area contributed by atoms with Gasteiger partial charge in [0.05, 0.1) is 20.3 Å². The SMILES string of the molecule is COc1ccc(-c2nnc(SC[C@H](O)C[NH+]3CCOCC3)n2C)cc1. The standard InChI is InChI=1S/C17H24N4O3S/c1-20-16(13-3-5-15(23-2)6-4-13)18-19-17(20)25-12-14(22)11-21-7-9-24-10-8-21/h3-6,14,22H,7-12H2,1-2H3/p+1/t14-/m1/s1. The van der Waals surface area contributed by atoms with Gasteiger partial charge >= 0.3 is 0 Å². The van der Waals surface area contributed by atoms with Crippen molar-refractivity contribution in [2.45, 2.75) is 11.3 Å². The fourth-order valence-electron chi connectivity index (χ4n) is 2.86. The van der Waals surface area contributed by atoms with E-state index in [1.165, 1.54) is 16.7 Å². The van der Waals surface area contributed by atoms with Gasteiger partial charge in [-0.25, -0.2) is 0 Å². The molecule has 136 valence electrons. The van der Waals surface area contributed by atoms with Crippen molar-refractivity contribution in [2.75, 3.05) is 45.7 Å². The van der Waals surface area contributed by atoms with Crippen molar-refractivity contribution in [1.29, 1.82) is 0 Å². The first-order chi connectivity index (χ1) is 12.2. The highest BCUT2D eigenvalue weighted by Gasteiger charge is 2.19. The van der Waals surface area contributed by atoms with E-state index < -0.39 is 0 Å². The number of aromatic nitrogens is 3. The van der Waals surface area contributed by atoms with Crippen LogP contribution < -0.4 is 9.64 Å². The summed E-state index contributed by atoms with van der Waals surface area (Å²) in [5.74, 6) is 2.23. The van der Waals surface area contributed by atoms with Crippen molar-refractivity contribution < 1.29 is 19.5 Å². The number of rotatable bonds is 7. The number of hydrogen-bond donors (Lipinski definition) is 2. The average molecular weight is 365 g/mol. The predicted molar refractivity (Wildman–Crippen MR) is 96.1 cm³/mol. The molecular formula is C17H25N4O3S+. The van der Waals surface area contributed by atoms with Crippen LogP contribution in [0.25, 0.3) is 11.4 Å². The quantitative estimate of drug-likeness (QED) is 0.666. The summed E-state index contributed by atoms with van der Waals surface area (Å²) in [6.45, 7) is 4.24. The van der Waals surface area contributed by atoms with Crippen molar-refractivity contribution in [1.82, 2.24) is 14.8 Å². The second kappa shape index (κ2) is 8.66. The summed E-state index contributed by atoms with van der Waals surface area (Å²) in [4.78, 5) is 1.40. The van der Waals surface area contributed by atoms with E-state index in [1.807, 2.05) is 35.9 Å². The Labute approximate surface area is 151 Å². The number of nitrogens with one attached hydrogen (secondary N) is 1. The van der Waals surface area contributed by atoms with Crippen LogP contribution in [-0.2, 0) is 11.8 Å². The zero-order valence-electron chi connectivity index (χ0n) is 14.6. The molecule has 3 rings (SSSR count). The van der Waals surface area contributed by atoms with Crippen molar-refractivity contribution in [3.8, 4) is 17.1 Å². The van der Waals surface area contributed by atoms with Gasteiger partial charge in [0.25, 0.3) is 0 Å². The molecule has 7 nitrogen and oxygen atoms in total. The Morgan fingerprint density at radius 1 is 1.28 bits per heavy atom. The third-order valence-corrected chi connectivity index (χ3v) is 5.48. The maximum atomic E-state index is 10.3. The number of nitrogens with zero attached hydrogens (tertiary/aromatic N) is 3. The Hall–Kier alpha value is -1.61. The van der Waals surface area contributed by atoms with Crippen molar-refractivity contribution in [3.63, 3.8) is 0 Å². The van der Waals surface area contributed by atoms with E-state index in [2.05, 4.69) is 10.2 Å². The second-order valence-corrected chi connectivity index (χ2v) is 7.11. The first-order valence-corrected chi connectivity index (χ1v) is 9.42. The smallest absolute Gasteiger partial charge is 0.191 e. The number of aliphatic hydroxyl groups excluding tert-OH is 1. The van der Waals surface area contributed by atoms with E-state index in [0.717, 1.165) is 55.1 Å². The van der Waals surface area contributed by atoms with Gasteiger partial charge in [0.1, 0.15) is 31.5 Å². The van der Waals surface area contributed by atoms with E-state index in [9.17, 15) is 5.11 Å². The summed E-state index contributed by atoms with van der Waals surface area (Å²) in [5, 5.41) is 19.6. The molecule has 8 heteroatoms. The van der Waals surface area contributed by atoms with E-state index in [0.29, 0.717) is 5.75 Å². The molecule has 2 heterocycles. The molecule has 1 fully saturated rings. The minimum absolute atomic E-state index is 0.362. The molecule has 1 aliphatic heterocycles. The molecule has 1 atom stereocenters. The van der Waals surface area contributed by atoms with Crippen LogP contribution >= 0.6 is 11.8 Å². The molecule has 1 saturated heterocycles. The van der Waals surface area contributed by atoms with Gasteiger partial charge in [0, 0.05) is 18.4 Å². The molecule has 1 aromatic heterocycles. The zero-order chi connectivity index (χ0) is 17.6. The minimum atomic E-state index is -0.362. The first-order valence-electron chi connectivity index (χ1n) is 8.43. The molecule has 0 saturated carbocycles. The third-order valence-electron chi connectivity index (χ3n) is 4.31. The molecule has 0 unspecified atom stereocenters. The largest absolute Gasteiger partial charge is 0.497 e. The fourth-order valence-corrected chi connectivity index (χ4v) is 3.70. The predicted octanol–water partition coefficient (Wildman–Crippen LogP) is -0.141. The molecule has 0 radical (unpaired) electrons. The Bertz CT molecular complexity index is 671. The van der Waals surface area contributed by atoms with Gasteiger partial charge < -0.3 is 24.0 Å². The van der Waals surface area contributed by atoms with E-state index in [1.54, 1.807) is 7.11 Å². The van der Waals surface area contributed by atoms with Gasteiger partial charge in [-0.1, -0.05) is 11.8 Å². The van der Waals surface area contributed by atoms with Crippen LogP contribution in [0.5, 0.6) is 5.75 Å². The molecular weight excluding hydrogens is 340 g/mol. The number of aliphatic hydroxyl groups is 1. The third kappa shape index (κ3) is 4.72. The maximum absolute atomic E-state index is 10.3. The highest BCUT2D eigenvalue weighted by Crippen LogP contribution is 2.24. The lowest BCUT2D eigenvalue weighted by Gasteiger charge is -2.25. The van der Waals surface area contributed by atoms with Crippen LogP contribution in [0.2, 0.25) is 0 Å². The number of hydrogen-bond acceptors (Lipinski definition) is 6. The summed E-state index contributed by atoms with van der Waals surface area (Å²) in [5.41, 5.74) is 0.987. The normalized spacial score (nSPS) is 16.8. The molecule has 2 N–H and O–H groups in total. The van der Waals surface area contributed by atoms with Gasteiger partial charge in [-0.2, -0.15) is 0 Å². The van der Waals surface area contributed by atoms with Gasteiger partial charge in [-0.15, -0.1) is 10.2 Å². The molecule has 25 heavy (non-hydrogen) atoms. The maximum Gasteiger partial charge on any atom is 0.191 e. The molecule has 0 spiro atoms. The van der Waals surface area contributed by atoms with E-state index in [4.69, 9.17) is 9.47 Å². The topological polar surface area (TPSA) is 73.8 Å². The summed E-state index contributed by atoms with van der Waals surface area (Å²) >= 11 is 1.54. The Kier molecular flexibility index (Phi) is 6.30. The minimum Gasteiger partial charge on any atom is -0.497 e. The Morgan fingerprint density at radius 2 is 2.00 bits per heavy atom. The Morgan fingerprint density at radius 3 is 2.68 bits per heavy atom. The number of methoxy groups -OCH3 is 1. The molecule has 0 amide bonds. The van der Waals surface area contributed by atoms with Crippen LogP contribution in [0.1, 0.15) is 0 Å². The molecule has 0 aliphatic carbocycles. The highest BCUT2D eigenvalue weighted by atomic mass is 32.2. The fraction of sp³-hybridized carbons (Fsp3) is 0.529. The molecule has 2 aromatic rings. The van der Waals surface area contributed by atoms with Crippen LogP contribution in [0.4, 0.5) is 0 Å². The van der Waals surface area contributed by atoms with E-state index in [-0.39, 0.29) is 6.10 Å². The lowest BCUT2D eigenvalue weighted by atomic mass is 10.2. The molecule has 0 bridgehead atoms. The number of quaternary nitrogens is 1. The highest BCUT2D eigenvalue weighted by molar-refractivity contribution is 7.99. The monoisotopic (exact) mass is 365 g/mol. The lowest BCUT2D eigenvalue weighted by Crippen LogP contribution is -3.15. The van der Waals surface area contributed by atoms with Crippen LogP contribution in [0.3, 0.4) is 0 Å². The average Bonchev–Trinajstić information content (AvgIpc) is 3.01. The number of ether oxygens (including phenoxy) is 2. The summed E-state index contributed by atoms with van der Waals surface area (Å²) in [6.07, 6.45) is -0.362. The van der Waals surface area contributed by atoms with Crippen molar-refractivity contribution >= 4 is 11.8 Å². The van der Waals surface area contributed by atoms with Gasteiger partial charge in [-0.3, -0.25) is 0 Å². The van der Waals surface area contributed by atoms with Gasteiger partial charge in [0.2, 0.25) is 0 Å². The number of thioether (sulfide) groups is 1. The summed E-state index contributed by atoms with van der Waals surface area (Å²) in [6, 6.07) is 7.75. The van der Waals surface area contributed by atoms with Gasteiger partial charge in [0.15, 0.2) is 11.0 Å². The number of benzene rings is 1. The second-order valence-electron chi connectivity index (χ2n) is 6.13. The summed E-state index contributed by atoms with van der Waals surface area (Å²) in [7, 11) is 3.59. The Balaban J connectivity index is 1.57. The first kappa shape index (κ1) is 18.2. The zero-order valence-corrected chi connectivity index (χ0v) is 15.5. The van der Waals surface area contributed by atoms with Crippen LogP contribution in [0.15, 0.2) is 29.4 Å². The van der Waals surface area contributed by atoms with Crippen LogP contribution in [0, 0.1) is 0 Å². The summed E-state index contributed by atoms with van der Waals surface area (Å²) < 4.78 is 12.5. The van der Waals surface area contributed by atoms with Gasteiger partial charge in [-0.05, 0) is 24.3 Å². The van der Waals surface area contributed by atoms with Crippen LogP contribution in [-0.4, -0.2) is 71.7 Å². The van der Waals surface area contributed by atoms with Crippen molar-refractivity contribution in [2.24, 2.45) is 7.05 Å². The van der Waals surface area contributed by atoms with Crippen molar-refractivity contribution in [3.05, 3.63) is 24.3 Å². The lowest BCUT2D eigenvalue weighted by molar-refractivity contribution is -0.910. The molecule has 1 aliphatic rings.